The lowest BCUT2D eigenvalue weighted by molar-refractivity contribution is 0.0957. The number of sulfonamides is 1. The molecule has 2 N–H and O–H groups in total. The standard InChI is InChI=1S/C15H21N3O3S3/c19-15(17-11-12-1-4-16-5-2-12)14-13(3-8-23-14)24(20,21)18-6-9-22-10-7-18/h1,3,8,16H,2,4-7,9-11H2,(H,17,19). The van der Waals surface area contributed by atoms with Crippen LogP contribution in [0.15, 0.2) is 28.0 Å². The van der Waals surface area contributed by atoms with Crippen molar-refractivity contribution in [1.29, 1.82) is 0 Å². The van der Waals surface area contributed by atoms with Gasteiger partial charge in [0, 0.05) is 37.7 Å². The highest BCUT2D eigenvalue weighted by atomic mass is 32.2. The topological polar surface area (TPSA) is 78.5 Å². The van der Waals surface area contributed by atoms with E-state index >= 15 is 0 Å². The van der Waals surface area contributed by atoms with Crippen molar-refractivity contribution in [3.63, 3.8) is 0 Å². The van der Waals surface area contributed by atoms with E-state index in [0.717, 1.165) is 31.0 Å². The summed E-state index contributed by atoms with van der Waals surface area (Å²) in [5.41, 5.74) is 1.18. The van der Waals surface area contributed by atoms with Crippen LogP contribution >= 0.6 is 23.1 Å². The monoisotopic (exact) mass is 387 g/mol. The molecule has 0 unspecified atom stereocenters. The minimum atomic E-state index is -3.59. The number of hydrogen-bond acceptors (Lipinski definition) is 6. The van der Waals surface area contributed by atoms with Crippen molar-refractivity contribution in [3.8, 4) is 0 Å². The van der Waals surface area contributed by atoms with Crippen molar-refractivity contribution in [1.82, 2.24) is 14.9 Å². The first-order valence-electron chi connectivity index (χ1n) is 7.91. The van der Waals surface area contributed by atoms with Crippen molar-refractivity contribution in [3.05, 3.63) is 28.0 Å². The second kappa shape index (κ2) is 8.01. The van der Waals surface area contributed by atoms with Crippen molar-refractivity contribution >= 4 is 39.0 Å². The minimum Gasteiger partial charge on any atom is -0.348 e. The van der Waals surface area contributed by atoms with Crippen LogP contribution in [0.5, 0.6) is 0 Å². The van der Waals surface area contributed by atoms with Crippen LogP contribution in [0.1, 0.15) is 16.1 Å². The van der Waals surface area contributed by atoms with Crippen LogP contribution < -0.4 is 10.6 Å². The van der Waals surface area contributed by atoms with Gasteiger partial charge in [-0.3, -0.25) is 4.79 Å². The van der Waals surface area contributed by atoms with Gasteiger partial charge < -0.3 is 10.6 Å². The molecule has 0 bridgehead atoms. The third-order valence-electron chi connectivity index (χ3n) is 4.06. The Morgan fingerprint density at radius 3 is 2.83 bits per heavy atom. The van der Waals surface area contributed by atoms with Gasteiger partial charge in [0.1, 0.15) is 9.77 Å². The number of amides is 1. The maximum Gasteiger partial charge on any atom is 0.263 e. The Bertz CT molecular complexity index is 721. The highest BCUT2D eigenvalue weighted by molar-refractivity contribution is 7.99. The first kappa shape index (κ1) is 17.9. The maximum atomic E-state index is 12.8. The van der Waals surface area contributed by atoms with E-state index in [-0.39, 0.29) is 15.7 Å². The molecule has 1 aromatic heterocycles. The number of nitrogens with zero attached hydrogens (tertiary/aromatic N) is 1. The molecule has 9 heteroatoms. The molecule has 6 nitrogen and oxygen atoms in total. The van der Waals surface area contributed by atoms with Gasteiger partial charge in [-0.2, -0.15) is 16.1 Å². The van der Waals surface area contributed by atoms with E-state index in [1.807, 2.05) is 0 Å². The molecule has 0 aliphatic carbocycles. The van der Waals surface area contributed by atoms with E-state index in [0.29, 0.717) is 19.6 Å². The zero-order valence-electron chi connectivity index (χ0n) is 13.3. The highest BCUT2D eigenvalue weighted by Gasteiger charge is 2.31. The zero-order chi connectivity index (χ0) is 17.0. The van der Waals surface area contributed by atoms with Crippen LogP contribution in [0.25, 0.3) is 0 Å². The van der Waals surface area contributed by atoms with E-state index in [4.69, 9.17) is 0 Å². The van der Waals surface area contributed by atoms with Crippen LogP contribution in [-0.2, 0) is 10.0 Å². The SMILES string of the molecule is O=C(NCC1=CCNCC1)c1sccc1S(=O)(=O)N1CCSCC1. The average molecular weight is 388 g/mol. The molecule has 0 atom stereocenters. The number of carbonyl (C=O) groups is 1. The first-order chi connectivity index (χ1) is 11.6. The van der Waals surface area contributed by atoms with Gasteiger partial charge in [-0.15, -0.1) is 11.3 Å². The van der Waals surface area contributed by atoms with Gasteiger partial charge >= 0.3 is 0 Å². The third kappa shape index (κ3) is 4.02. The number of nitrogens with one attached hydrogen (secondary N) is 2. The van der Waals surface area contributed by atoms with Gasteiger partial charge in [-0.05, 0) is 24.4 Å². The van der Waals surface area contributed by atoms with E-state index in [1.165, 1.54) is 21.2 Å². The molecular weight excluding hydrogens is 366 g/mol. The van der Waals surface area contributed by atoms with Gasteiger partial charge in [-0.25, -0.2) is 8.42 Å². The fraction of sp³-hybridized carbons (Fsp3) is 0.533. The number of rotatable bonds is 5. The van der Waals surface area contributed by atoms with Crippen LogP contribution in [0.4, 0.5) is 0 Å². The summed E-state index contributed by atoms with van der Waals surface area (Å²) in [5, 5.41) is 7.75. The number of hydrogen-bond donors (Lipinski definition) is 2. The van der Waals surface area contributed by atoms with E-state index in [1.54, 1.807) is 23.2 Å². The van der Waals surface area contributed by atoms with Crippen molar-refractivity contribution in [2.45, 2.75) is 11.3 Å². The van der Waals surface area contributed by atoms with E-state index in [2.05, 4.69) is 16.7 Å². The number of carbonyl (C=O) groups excluding carboxylic acids is 1. The third-order valence-corrected chi connectivity index (χ3v) is 7.98. The summed E-state index contributed by atoms with van der Waals surface area (Å²) < 4.78 is 27.1. The lowest BCUT2D eigenvalue weighted by Gasteiger charge is -2.25. The summed E-state index contributed by atoms with van der Waals surface area (Å²) in [6, 6.07) is 1.54. The molecule has 2 aliphatic rings. The molecule has 3 rings (SSSR count). The first-order valence-corrected chi connectivity index (χ1v) is 11.4. The Morgan fingerprint density at radius 2 is 2.12 bits per heavy atom. The van der Waals surface area contributed by atoms with Crippen LogP contribution in [0.2, 0.25) is 0 Å². The second-order valence-corrected chi connectivity index (χ2v) is 9.68. The summed E-state index contributed by atoms with van der Waals surface area (Å²) in [6.45, 7) is 3.20. The number of thiophene rings is 1. The predicted molar refractivity (Wildman–Crippen MR) is 98.3 cm³/mol. The molecule has 0 radical (unpaired) electrons. The Morgan fingerprint density at radius 1 is 1.33 bits per heavy atom. The van der Waals surface area contributed by atoms with Gasteiger partial charge in [0.05, 0.1) is 0 Å². The Labute approximate surface area is 150 Å². The highest BCUT2D eigenvalue weighted by Crippen LogP contribution is 2.27. The fourth-order valence-corrected chi connectivity index (χ4v) is 6.59. The fourth-order valence-electron chi connectivity index (χ4n) is 2.70. The van der Waals surface area contributed by atoms with Gasteiger partial charge in [0.2, 0.25) is 10.0 Å². The van der Waals surface area contributed by atoms with E-state index < -0.39 is 10.0 Å². The largest absolute Gasteiger partial charge is 0.348 e. The molecule has 2 aliphatic heterocycles. The molecule has 132 valence electrons. The van der Waals surface area contributed by atoms with Crippen molar-refractivity contribution in [2.24, 2.45) is 0 Å². The quantitative estimate of drug-likeness (QED) is 0.741. The Balaban J connectivity index is 1.72. The molecule has 1 amide bonds. The molecule has 0 saturated carbocycles. The van der Waals surface area contributed by atoms with Gasteiger partial charge in [-0.1, -0.05) is 11.6 Å². The molecule has 1 saturated heterocycles. The van der Waals surface area contributed by atoms with Crippen LogP contribution in [0.3, 0.4) is 0 Å². The summed E-state index contributed by atoms with van der Waals surface area (Å²) >= 11 is 2.93. The van der Waals surface area contributed by atoms with Crippen LogP contribution in [0, 0.1) is 0 Å². The van der Waals surface area contributed by atoms with E-state index in [9.17, 15) is 13.2 Å². The summed E-state index contributed by atoms with van der Waals surface area (Å²) in [5.74, 6) is 1.29. The zero-order valence-corrected chi connectivity index (χ0v) is 15.7. The summed E-state index contributed by atoms with van der Waals surface area (Å²) in [4.78, 5) is 12.9. The van der Waals surface area contributed by atoms with Crippen LogP contribution in [-0.4, -0.2) is 62.9 Å². The molecular formula is C15H21N3O3S3. The molecule has 1 fully saturated rings. The van der Waals surface area contributed by atoms with Gasteiger partial charge in [0.25, 0.3) is 5.91 Å². The maximum absolute atomic E-state index is 12.8. The molecule has 0 spiro atoms. The summed E-state index contributed by atoms with van der Waals surface area (Å²) in [7, 11) is -3.59. The number of thioether (sulfide) groups is 1. The predicted octanol–water partition coefficient (Wildman–Crippen LogP) is 1.14. The Hall–Kier alpha value is -0.870. The van der Waals surface area contributed by atoms with Crippen molar-refractivity contribution in [2.75, 3.05) is 44.2 Å². The Kier molecular flexibility index (Phi) is 5.98. The van der Waals surface area contributed by atoms with Crippen molar-refractivity contribution < 1.29 is 13.2 Å². The summed E-state index contributed by atoms with van der Waals surface area (Å²) in [6.07, 6.45) is 2.97. The lowest BCUT2D eigenvalue weighted by Crippen LogP contribution is -2.38. The minimum absolute atomic E-state index is 0.135. The smallest absolute Gasteiger partial charge is 0.263 e. The molecule has 1 aromatic rings. The second-order valence-electron chi connectivity index (χ2n) is 5.63. The lowest BCUT2D eigenvalue weighted by atomic mass is 10.1. The normalized spacial score (nSPS) is 19.8. The molecule has 3 heterocycles. The molecule has 0 aromatic carbocycles. The molecule has 24 heavy (non-hydrogen) atoms. The van der Waals surface area contributed by atoms with Gasteiger partial charge in [0.15, 0.2) is 0 Å². The average Bonchev–Trinajstić information content (AvgIpc) is 3.12.